The fourth-order valence-electron chi connectivity index (χ4n) is 6.69. The zero-order chi connectivity index (χ0) is 29.0. The topological polar surface area (TPSA) is 61.8 Å². The third-order valence-electron chi connectivity index (χ3n) is 8.61. The maximum atomic E-state index is 12.6. The van der Waals surface area contributed by atoms with E-state index < -0.39 is 24.1 Å². The van der Waals surface area contributed by atoms with Gasteiger partial charge in [-0.3, -0.25) is 0 Å². The third kappa shape index (κ3) is 6.98. The summed E-state index contributed by atoms with van der Waals surface area (Å²) in [6.07, 6.45) is 5.46. The standard InChI is InChI=1S/C35H41O5S/c1-24-17-27-15-16-35(4,28(18-24)21-27)40-33(37)23-38-32(36)22-39-34-25(2)19-31(20-26(34)3)41(29-11-7-5-8-12-29)30-13-9-6-10-14-30/h5-14,19-20,24,27-28H,15-18,21-23H2,1-4H3/q+1. The smallest absolute Gasteiger partial charge is 0.344 e. The molecular formula is C35H41O5S+. The van der Waals surface area contributed by atoms with Gasteiger partial charge in [-0.2, -0.15) is 0 Å². The van der Waals surface area contributed by atoms with Crippen LogP contribution < -0.4 is 4.74 Å². The molecule has 2 bridgehead atoms. The Morgan fingerprint density at radius 1 is 0.829 bits per heavy atom. The molecule has 0 aliphatic heterocycles. The van der Waals surface area contributed by atoms with Gasteiger partial charge in [0.25, 0.3) is 0 Å². The molecule has 3 aromatic carbocycles. The minimum absolute atomic E-state index is 0.267. The average molecular weight is 574 g/mol. The van der Waals surface area contributed by atoms with Gasteiger partial charge in [0, 0.05) is 12.1 Å². The predicted octanol–water partition coefficient (Wildman–Crippen LogP) is 7.47. The highest BCUT2D eigenvalue weighted by Crippen LogP contribution is 2.49. The van der Waals surface area contributed by atoms with Gasteiger partial charge < -0.3 is 14.2 Å². The molecule has 0 saturated heterocycles. The summed E-state index contributed by atoms with van der Waals surface area (Å²) in [5.74, 6) is 1.38. The lowest BCUT2D eigenvalue weighted by Gasteiger charge is -2.48. The number of benzene rings is 3. The molecule has 0 spiro atoms. The maximum absolute atomic E-state index is 12.6. The second-order valence-electron chi connectivity index (χ2n) is 12.0. The lowest BCUT2D eigenvalue weighted by Crippen LogP contribution is -2.47. The number of fused-ring (bicyclic) bond motifs is 2. The number of ether oxygens (including phenoxy) is 3. The highest BCUT2D eigenvalue weighted by Gasteiger charge is 2.46. The van der Waals surface area contributed by atoms with Crippen molar-refractivity contribution >= 4 is 22.8 Å². The highest BCUT2D eigenvalue weighted by molar-refractivity contribution is 7.97. The first kappa shape index (κ1) is 29.2. The Morgan fingerprint density at radius 2 is 1.44 bits per heavy atom. The van der Waals surface area contributed by atoms with Crippen LogP contribution in [-0.2, 0) is 30.0 Å². The summed E-state index contributed by atoms with van der Waals surface area (Å²) in [6, 6.07) is 25.2. The summed E-state index contributed by atoms with van der Waals surface area (Å²) < 4.78 is 17.1. The molecule has 41 heavy (non-hydrogen) atoms. The molecule has 0 aromatic heterocycles. The summed E-state index contributed by atoms with van der Waals surface area (Å²) in [5, 5.41) is 0. The Balaban J connectivity index is 1.19. The maximum Gasteiger partial charge on any atom is 0.344 e. The van der Waals surface area contributed by atoms with Gasteiger partial charge in [-0.15, -0.1) is 0 Å². The Labute approximate surface area is 246 Å². The first-order valence-corrected chi connectivity index (χ1v) is 15.9. The van der Waals surface area contributed by atoms with Crippen LogP contribution in [0, 0.1) is 31.6 Å². The molecular weight excluding hydrogens is 532 g/mol. The van der Waals surface area contributed by atoms with E-state index in [9.17, 15) is 9.59 Å². The minimum Gasteiger partial charge on any atom is -0.481 e. The molecule has 5 nitrogen and oxygen atoms in total. The van der Waals surface area contributed by atoms with E-state index in [1.165, 1.54) is 21.1 Å². The Bertz CT molecular complexity index is 1290. The molecule has 5 rings (SSSR count). The van der Waals surface area contributed by atoms with Crippen molar-refractivity contribution in [2.45, 2.75) is 80.1 Å². The molecule has 2 aliphatic rings. The molecule has 2 fully saturated rings. The van der Waals surface area contributed by atoms with Crippen molar-refractivity contribution in [2.24, 2.45) is 17.8 Å². The molecule has 0 amide bonds. The van der Waals surface area contributed by atoms with Crippen molar-refractivity contribution in [3.05, 3.63) is 83.9 Å². The van der Waals surface area contributed by atoms with E-state index in [4.69, 9.17) is 14.2 Å². The number of hydrogen-bond donors (Lipinski definition) is 0. The molecule has 2 aliphatic carbocycles. The summed E-state index contributed by atoms with van der Waals surface area (Å²) >= 11 is 0. The Hall–Kier alpha value is -3.25. The van der Waals surface area contributed by atoms with Crippen molar-refractivity contribution in [2.75, 3.05) is 13.2 Å². The van der Waals surface area contributed by atoms with E-state index in [1.54, 1.807) is 0 Å². The van der Waals surface area contributed by atoms with Gasteiger partial charge in [-0.25, -0.2) is 9.59 Å². The second kappa shape index (κ2) is 12.7. The van der Waals surface area contributed by atoms with Gasteiger partial charge in [-0.05, 0) is 106 Å². The van der Waals surface area contributed by atoms with Gasteiger partial charge >= 0.3 is 11.9 Å². The Morgan fingerprint density at radius 3 is 2.05 bits per heavy atom. The number of carbonyl (C=O) groups is 2. The molecule has 0 heterocycles. The van der Waals surface area contributed by atoms with Crippen LogP contribution in [0.25, 0.3) is 0 Å². The van der Waals surface area contributed by atoms with Crippen molar-refractivity contribution in [3.8, 4) is 5.75 Å². The van der Waals surface area contributed by atoms with Crippen LogP contribution >= 0.6 is 0 Å². The van der Waals surface area contributed by atoms with Crippen molar-refractivity contribution in [3.63, 3.8) is 0 Å². The van der Waals surface area contributed by atoms with Crippen molar-refractivity contribution < 1.29 is 23.8 Å². The van der Waals surface area contributed by atoms with Crippen LogP contribution in [0.4, 0.5) is 0 Å². The molecule has 3 aromatic rings. The van der Waals surface area contributed by atoms with Crippen molar-refractivity contribution in [1.29, 1.82) is 0 Å². The first-order valence-electron chi connectivity index (χ1n) is 14.7. The van der Waals surface area contributed by atoms with Crippen LogP contribution in [-0.4, -0.2) is 30.8 Å². The molecule has 0 radical (unpaired) electrons. The minimum atomic E-state index is -0.585. The summed E-state index contributed by atoms with van der Waals surface area (Å²) in [5.41, 5.74) is 1.42. The van der Waals surface area contributed by atoms with Gasteiger partial charge in [-0.1, -0.05) is 43.3 Å². The van der Waals surface area contributed by atoms with E-state index in [0.717, 1.165) is 42.7 Å². The second-order valence-corrected chi connectivity index (χ2v) is 14.0. The highest BCUT2D eigenvalue weighted by atomic mass is 32.2. The number of aryl methyl sites for hydroxylation is 2. The molecule has 0 N–H and O–H groups in total. The van der Waals surface area contributed by atoms with E-state index in [1.807, 2.05) is 32.9 Å². The van der Waals surface area contributed by atoms with Gasteiger partial charge in [0.1, 0.15) is 11.4 Å². The monoisotopic (exact) mass is 573 g/mol. The lowest BCUT2D eigenvalue weighted by atomic mass is 9.62. The molecule has 2 saturated carbocycles. The van der Waals surface area contributed by atoms with Crippen molar-refractivity contribution in [1.82, 2.24) is 0 Å². The van der Waals surface area contributed by atoms with Crippen LogP contribution in [0.15, 0.2) is 87.5 Å². The molecule has 4 atom stereocenters. The number of esters is 2. The normalized spacial score (nSPS) is 23.6. The summed E-state index contributed by atoms with van der Waals surface area (Å²) in [6.45, 7) is 7.66. The van der Waals surface area contributed by atoms with E-state index >= 15 is 0 Å². The van der Waals surface area contributed by atoms with Gasteiger partial charge in [0.05, 0.1) is 10.9 Å². The third-order valence-corrected chi connectivity index (χ3v) is 10.8. The lowest BCUT2D eigenvalue weighted by molar-refractivity contribution is -0.181. The number of carbonyl (C=O) groups excluding carboxylic acids is 2. The van der Waals surface area contributed by atoms with E-state index in [0.29, 0.717) is 17.6 Å². The van der Waals surface area contributed by atoms with Crippen LogP contribution in [0.5, 0.6) is 5.75 Å². The predicted molar refractivity (Wildman–Crippen MR) is 161 cm³/mol. The first-order chi connectivity index (χ1) is 19.7. The molecule has 4 unspecified atom stereocenters. The fraction of sp³-hybridized carbons (Fsp3) is 0.429. The SMILES string of the molecule is Cc1cc([S+](c2ccccc2)c2ccccc2)cc(C)c1OCC(=O)OCC(=O)OC1(C)CCC2CC(C)CC1C2. The summed E-state index contributed by atoms with van der Waals surface area (Å²) in [4.78, 5) is 28.8. The summed E-state index contributed by atoms with van der Waals surface area (Å²) in [7, 11) is -0.274. The fourth-order valence-corrected chi connectivity index (χ4v) is 8.95. The van der Waals surface area contributed by atoms with Crippen LogP contribution in [0.2, 0.25) is 0 Å². The largest absolute Gasteiger partial charge is 0.481 e. The molecule has 6 heteroatoms. The number of hydrogen-bond acceptors (Lipinski definition) is 5. The zero-order valence-corrected chi connectivity index (χ0v) is 25.4. The van der Waals surface area contributed by atoms with E-state index in [-0.39, 0.29) is 17.5 Å². The average Bonchev–Trinajstić information content (AvgIpc) is 2.95. The van der Waals surface area contributed by atoms with Gasteiger partial charge in [0.2, 0.25) is 0 Å². The molecule has 216 valence electrons. The van der Waals surface area contributed by atoms with E-state index in [2.05, 4.69) is 67.6 Å². The Kier molecular flexibility index (Phi) is 9.08. The van der Waals surface area contributed by atoms with Crippen LogP contribution in [0.3, 0.4) is 0 Å². The van der Waals surface area contributed by atoms with Gasteiger partial charge in [0.15, 0.2) is 27.9 Å². The quantitative estimate of drug-likeness (QED) is 0.196. The van der Waals surface area contributed by atoms with Crippen LogP contribution in [0.1, 0.15) is 57.1 Å². The zero-order valence-electron chi connectivity index (χ0n) is 24.6. The number of rotatable bonds is 9.